The molecule has 1 aliphatic heterocycles. The van der Waals surface area contributed by atoms with Gasteiger partial charge in [0.25, 0.3) is 0 Å². The predicted molar refractivity (Wildman–Crippen MR) is 62.7 cm³/mol. The molecule has 1 aliphatic rings. The van der Waals surface area contributed by atoms with Gasteiger partial charge in [-0.15, -0.1) is 0 Å². The Balaban J connectivity index is 2.24. The lowest BCUT2D eigenvalue weighted by molar-refractivity contribution is 0.0757. The summed E-state index contributed by atoms with van der Waals surface area (Å²) in [5.74, 6) is 1.34. The van der Waals surface area contributed by atoms with Gasteiger partial charge in [-0.25, -0.2) is 0 Å². The van der Waals surface area contributed by atoms with Gasteiger partial charge in [-0.3, -0.25) is 0 Å². The van der Waals surface area contributed by atoms with Gasteiger partial charge in [-0.2, -0.15) is 15.2 Å². The maximum Gasteiger partial charge on any atom is 0.232 e. The Bertz CT molecular complexity index is 438. The first kappa shape index (κ1) is 12.4. The quantitative estimate of drug-likeness (QED) is 0.759. The molecule has 0 radical (unpaired) electrons. The van der Waals surface area contributed by atoms with Gasteiger partial charge >= 0.3 is 0 Å². The predicted octanol–water partition coefficient (Wildman–Crippen LogP) is 0.223. The monoisotopic (exact) mass is 250 g/mol. The van der Waals surface area contributed by atoms with Crippen molar-refractivity contribution in [2.24, 2.45) is 0 Å². The van der Waals surface area contributed by atoms with Crippen LogP contribution in [0.15, 0.2) is 6.07 Å². The second-order valence-corrected chi connectivity index (χ2v) is 3.69. The van der Waals surface area contributed by atoms with Gasteiger partial charge in [-0.1, -0.05) is 0 Å². The van der Waals surface area contributed by atoms with Crippen LogP contribution < -0.4 is 14.4 Å². The highest BCUT2D eigenvalue weighted by atomic mass is 16.5. The van der Waals surface area contributed by atoms with Crippen LogP contribution >= 0.6 is 0 Å². The van der Waals surface area contributed by atoms with Crippen molar-refractivity contribution in [3.05, 3.63) is 6.07 Å². The fourth-order valence-corrected chi connectivity index (χ4v) is 1.65. The number of methoxy groups -OCH3 is 2. The fraction of sp³-hybridized carbons (Fsp3) is 0.545. The molecular formula is C11H14N4O3. The van der Waals surface area contributed by atoms with E-state index in [4.69, 9.17) is 19.5 Å². The van der Waals surface area contributed by atoms with Gasteiger partial charge in [0, 0.05) is 6.54 Å². The molecule has 1 unspecified atom stereocenters. The highest BCUT2D eigenvalue weighted by molar-refractivity contribution is 5.37. The largest absolute Gasteiger partial charge is 0.481 e. The van der Waals surface area contributed by atoms with Crippen LogP contribution in [0.25, 0.3) is 0 Å². The van der Waals surface area contributed by atoms with E-state index in [0.29, 0.717) is 37.4 Å². The first-order valence-electron chi connectivity index (χ1n) is 5.50. The van der Waals surface area contributed by atoms with E-state index in [1.165, 1.54) is 14.2 Å². The number of aromatic nitrogens is 2. The SMILES string of the molecule is COc1cc(OC)nc(N2CCOC(C#N)C2)n1. The highest BCUT2D eigenvalue weighted by Gasteiger charge is 2.23. The van der Waals surface area contributed by atoms with Crippen molar-refractivity contribution in [3.8, 4) is 17.8 Å². The summed E-state index contributed by atoms with van der Waals surface area (Å²) in [5, 5.41) is 8.87. The average molecular weight is 250 g/mol. The summed E-state index contributed by atoms with van der Waals surface area (Å²) in [6, 6.07) is 3.68. The molecule has 1 fully saturated rings. The zero-order chi connectivity index (χ0) is 13.0. The van der Waals surface area contributed by atoms with Gasteiger partial charge in [0.1, 0.15) is 0 Å². The van der Waals surface area contributed by atoms with Crippen molar-refractivity contribution in [3.63, 3.8) is 0 Å². The molecule has 96 valence electrons. The minimum Gasteiger partial charge on any atom is -0.481 e. The smallest absolute Gasteiger partial charge is 0.232 e. The van der Waals surface area contributed by atoms with E-state index in [0.717, 1.165) is 0 Å². The number of hydrogen-bond acceptors (Lipinski definition) is 7. The molecule has 1 saturated heterocycles. The topological polar surface area (TPSA) is 80.5 Å². The maximum atomic E-state index is 8.87. The summed E-state index contributed by atoms with van der Waals surface area (Å²) in [6.45, 7) is 1.54. The first-order chi connectivity index (χ1) is 8.76. The lowest BCUT2D eigenvalue weighted by Crippen LogP contribution is -2.42. The molecule has 0 spiro atoms. The van der Waals surface area contributed by atoms with Crippen LogP contribution in [0.1, 0.15) is 0 Å². The zero-order valence-electron chi connectivity index (χ0n) is 10.3. The number of hydrogen-bond donors (Lipinski definition) is 0. The number of morpholine rings is 1. The normalized spacial score (nSPS) is 19.2. The molecular weight excluding hydrogens is 236 g/mol. The van der Waals surface area contributed by atoms with Gasteiger partial charge in [-0.05, 0) is 0 Å². The van der Waals surface area contributed by atoms with Crippen molar-refractivity contribution in [2.75, 3.05) is 38.8 Å². The van der Waals surface area contributed by atoms with E-state index in [1.807, 2.05) is 4.90 Å². The molecule has 1 aromatic rings. The molecule has 1 aromatic heterocycles. The summed E-state index contributed by atoms with van der Waals surface area (Å²) in [5.41, 5.74) is 0. The van der Waals surface area contributed by atoms with Gasteiger partial charge in [0.15, 0.2) is 6.10 Å². The van der Waals surface area contributed by atoms with E-state index in [1.54, 1.807) is 6.07 Å². The van der Waals surface area contributed by atoms with E-state index in [9.17, 15) is 0 Å². The Kier molecular flexibility index (Phi) is 3.79. The molecule has 0 amide bonds. The van der Waals surface area contributed by atoms with Crippen LogP contribution in [-0.4, -0.2) is 50.0 Å². The van der Waals surface area contributed by atoms with E-state index < -0.39 is 6.10 Å². The molecule has 0 aromatic carbocycles. The van der Waals surface area contributed by atoms with Gasteiger partial charge in [0.2, 0.25) is 17.7 Å². The Morgan fingerprint density at radius 2 is 2.06 bits per heavy atom. The molecule has 2 heterocycles. The van der Waals surface area contributed by atoms with Crippen molar-refractivity contribution >= 4 is 5.95 Å². The summed E-state index contributed by atoms with van der Waals surface area (Å²) in [4.78, 5) is 10.4. The molecule has 0 N–H and O–H groups in total. The Hall–Kier alpha value is -2.07. The highest BCUT2D eigenvalue weighted by Crippen LogP contribution is 2.21. The molecule has 1 atom stereocenters. The molecule has 7 nitrogen and oxygen atoms in total. The molecule has 0 saturated carbocycles. The van der Waals surface area contributed by atoms with Crippen LogP contribution in [0.4, 0.5) is 5.95 Å². The van der Waals surface area contributed by atoms with Crippen molar-refractivity contribution in [1.82, 2.24) is 9.97 Å². The van der Waals surface area contributed by atoms with Crippen molar-refractivity contribution in [2.45, 2.75) is 6.10 Å². The summed E-state index contributed by atoms with van der Waals surface area (Å²) < 4.78 is 15.4. The van der Waals surface area contributed by atoms with E-state index >= 15 is 0 Å². The Morgan fingerprint density at radius 3 is 2.61 bits per heavy atom. The number of nitrogens with zero attached hydrogens (tertiary/aromatic N) is 4. The van der Waals surface area contributed by atoms with Crippen LogP contribution in [0.2, 0.25) is 0 Å². The minimum absolute atomic E-state index is 0.428. The molecule has 7 heteroatoms. The lowest BCUT2D eigenvalue weighted by atomic mass is 10.3. The third kappa shape index (κ3) is 2.60. The second-order valence-electron chi connectivity index (χ2n) is 3.69. The Labute approximate surface area is 105 Å². The number of nitriles is 1. The summed E-state index contributed by atoms with van der Waals surface area (Å²) in [7, 11) is 3.06. The molecule has 2 rings (SSSR count). The third-order valence-electron chi connectivity index (χ3n) is 2.58. The van der Waals surface area contributed by atoms with Gasteiger partial charge < -0.3 is 19.1 Å². The summed E-state index contributed by atoms with van der Waals surface area (Å²) >= 11 is 0. The lowest BCUT2D eigenvalue weighted by Gasteiger charge is -2.29. The van der Waals surface area contributed by atoms with Crippen molar-refractivity contribution < 1.29 is 14.2 Å². The molecule has 0 bridgehead atoms. The van der Waals surface area contributed by atoms with E-state index in [2.05, 4.69) is 16.0 Å². The number of anilines is 1. The van der Waals surface area contributed by atoms with Crippen LogP contribution in [0.3, 0.4) is 0 Å². The minimum atomic E-state index is -0.459. The number of ether oxygens (including phenoxy) is 3. The number of rotatable bonds is 3. The average Bonchev–Trinajstić information content (AvgIpc) is 2.46. The van der Waals surface area contributed by atoms with Gasteiger partial charge in [0.05, 0.1) is 39.5 Å². The standard InChI is InChI=1S/C11H14N4O3/c1-16-9-5-10(17-2)14-11(13-9)15-3-4-18-8(6-12)7-15/h5,8H,3-4,7H2,1-2H3. The molecule has 0 aliphatic carbocycles. The first-order valence-corrected chi connectivity index (χ1v) is 5.50. The maximum absolute atomic E-state index is 8.87. The second kappa shape index (κ2) is 5.51. The van der Waals surface area contributed by atoms with Crippen molar-refractivity contribution in [1.29, 1.82) is 5.26 Å². The summed E-state index contributed by atoms with van der Waals surface area (Å²) in [6.07, 6.45) is -0.459. The molecule has 18 heavy (non-hydrogen) atoms. The Morgan fingerprint density at radius 1 is 1.39 bits per heavy atom. The zero-order valence-corrected chi connectivity index (χ0v) is 10.3. The van der Waals surface area contributed by atoms with Crippen LogP contribution in [0.5, 0.6) is 11.8 Å². The third-order valence-corrected chi connectivity index (χ3v) is 2.58. The fourth-order valence-electron chi connectivity index (χ4n) is 1.65. The van der Waals surface area contributed by atoms with Crippen LogP contribution in [0, 0.1) is 11.3 Å². The van der Waals surface area contributed by atoms with E-state index in [-0.39, 0.29) is 0 Å². The van der Waals surface area contributed by atoms with Crippen LogP contribution in [-0.2, 0) is 4.74 Å².